The molecule has 2 fully saturated rings. The molecule has 1 unspecified atom stereocenters. The number of H-pyrrole nitrogens is 2. The van der Waals surface area contributed by atoms with Crippen molar-refractivity contribution in [2.75, 3.05) is 32.7 Å². The molecule has 0 radical (unpaired) electrons. The van der Waals surface area contributed by atoms with Gasteiger partial charge >= 0.3 is 0 Å². The Morgan fingerprint density at radius 1 is 1.00 bits per heavy atom. The fraction of sp³-hybridized carbons (Fsp3) is 0.393. The van der Waals surface area contributed by atoms with Crippen LogP contribution in [0.3, 0.4) is 0 Å². The molecule has 6 rings (SSSR count). The van der Waals surface area contributed by atoms with Crippen LogP contribution in [0.4, 0.5) is 0 Å². The Hall–Kier alpha value is -3.05. The molecule has 0 aliphatic carbocycles. The molecule has 2 aromatic carbocycles. The van der Waals surface area contributed by atoms with Gasteiger partial charge in [0.2, 0.25) is 0 Å². The molecule has 0 spiro atoms. The van der Waals surface area contributed by atoms with Crippen molar-refractivity contribution in [3.8, 4) is 0 Å². The van der Waals surface area contributed by atoms with Crippen LogP contribution in [0.1, 0.15) is 46.8 Å². The molecule has 1 amide bonds. The highest BCUT2D eigenvalue weighted by molar-refractivity contribution is 5.98. The van der Waals surface area contributed by atoms with Crippen molar-refractivity contribution in [2.45, 2.75) is 32.1 Å². The number of hydrogen-bond acceptors (Lipinski definition) is 2. The van der Waals surface area contributed by atoms with Crippen LogP contribution in [0, 0.1) is 12.8 Å². The predicted molar refractivity (Wildman–Crippen MR) is 134 cm³/mol. The summed E-state index contributed by atoms with van der Waals surface area (Å²) in [4.78, 5) is 24.5. The number of nitrogens with one attached hydrogen (secondary N) is 2. The van der Waals surface area contributed by atoms with Crippen molar-refractivity contribution in [1.29, 1.82) is 0 Å². The summed E-state index contributed by atoms with van der Waals surface area (Å²) in [6.45, 7) is 7.22. The van der Waals surface area contributed by atoms with Gasteiger partial charge in [0.05, 0.1) is 0 Å². The molecule has 170 valence electrons. The second-order valence-corrected chi connectivity index (χ2v) is 10.0. The van der Waals surface area contributed by atoms with Gasteiger partial charge in [-0.2, -0.15) is 0 Å². The van der Waals surface area contributed by atoms with E-state index in [0.717, 1.165) is 55.7 Å². The molecular formula is C28H32N4O. The van der Waals surface area contributed by atoms with Crippen LogP contribution >= 0.6 is 0 Å². The van der Waals surface area contributed by atoms with Gasteiger partial charge in [0.15, 0.2) is 0 Å². The van der Waals surface area contributed by atoms with Crippen LogP contribution < -0.4 is 0 Å². The Labute approximate surface area is 194 Å². The number of aryl methyl sites for hydroxylation is 1. The lowest BCUT2D eigenvalue weighted by atomic mass is 9.89. The molecule has 2 aliphatic heterocycles. The minimum absolute atomic E-state index is 0.143. The monoisotopic (exact) mass is 440 g/mol. The minimum Gasteiger partial charge on any atom is -0.361 e. The number of carbonyl (C=O) groups is 1. The van der Waals surface area contributed by atoms with Gasteiger partial charge < -0.3 is 19.8 Å². The number of likely N-dealkylation sites (tertiary alicyclic amines) is 2. The molecule has 33 heavy (non-hydrogen) atoms. The number of rotatable bonds is 4. The van der Waals surface area contributed by atoms with E-state index in [1.54, 1.807) is 0 Å². The van der Waals surface area contributed by atoms with Gasteiger partial charge in [-0.1, -0.05) is 30.3 Å². The second kappa shape index (κ2) is 8.38. The zero-order valence-corrected chi connectivity index (χ0v) is 19.3. The maximum atomic E-state index is 13.1. The average Bonchev–Trinajstić information content (AvgIpc) is 3.57. The third-order valence-electron chi connectivity index (χ3n) is 7.75. The highest BCUT2D eigenvalue weighted by Gasteiger charge is 2.30. The lowest BCUT2D eigenvalue weighted by molar-refractivity contribution is 0.0777. The molecular weight excluding hydrogens is 408 g/mol. The van der Waals surface area contributed by atoms with E-state index >= 15 is 0 Å². The van der Waals surface area contributed by atoms with Crippen LogP contribution in [-0.2, 0) is 0 Å². The smallest absolute Gasteiger partial charge is 0.270 e. The van der Waals surface area contributed by atoms with Crippen molar-refractivity contribution in [2.24, 2.45) is 5.92 Å². The van der Waals surface area contributed by atoms with Crippen molar-refractivity contribution in [1.82, 2.24) is 19.8 Å². The van der Waals surface area contributed by atoms with E-state index < -0.39 is 0 Å². The summed E-state index contributed by atoms with van der Waals surface area (Å²) in [5, 5.41) is 2.49. The van der Waals surface area contributed by atoms with Crippen molar-refractivity contribution in [3.05, 3.63) is 71.5 Å². The fourth-order valence-corrected chi connectivity index (χ4v) is 5.92. The largest absolute Gasteiger partial charge is 0.361 e. The van der Waals surface area contributed by atoms with Gasteiger partial charge in [-0.25, -0.2) is 0 Å². The highest BCUT2D eigenvalue weighted by Crippen LogP contribution is 2.33. The topological polar surface area (TPSA) is 55.1 Å². The van der Waals surface area contributed by atoms with E-state index in [2.05, 4.69) is 70.5 Å². The number of aromatic amines is 2. The number of para-hydroxylation sites is 1. The van der Waals surface area contributed by atoms with Crippen molar-refractivity contribution >= 4 is 27.7 Å². The standard InChI is InChI=1S/C28H32N4O/c1-19-6-7-22-15-27(30-26(22)14-19)28(33)32-13-8-20(18-32)17-31-11-9-21(10-12-31)24-16-29-25-5-3-2-4-23(24)25/h2-7,14-16,20-21,29-30H,8-13,17-18H2,1H3. The van der Waals surface area contributed by atoms with Gasteiger partial charge in [-0.3, -0.25) is 4.79 Å². The second-order valence-electron chi connectivity index (χ2n) is 10.0. The molecule has 5 nitrogen and oxygen atoms in total. The predicted octanol–water partition coefficient (Wildman–Crippen LogP) is 5.30. The number of aromatic nitrogens is 2. The third kappa shape index (κ3) is 3.95. The molecule has 5 heteroatoms. The quantitative estimate of drug-likeness (QED) is 0.452. The Kier molecular flexibility index (Phi) is 5.22. The molecule has 0 bridgehead atoms. The van der Waals surface area contributed by atoms with Gasteiger partial charge in [0.25, 0.3) is 5.91 Å². The summed E-state index contributed by atoms with van der Waals surface area (Å²) in [7, 11) is 0. The minimum atomic E-state index is 0.143. The summed E-state index contributed by atoms with van der Waals surface area (Å²) in [5.74, 6) is 1.36. The van der Waals surface area contributed by atoms with E-state index in [0.29, 0.717) is 11.8 Å². The molecule has 4 heterocycles. The van der Waals surface area contributed by atoms with Gasteiger partial charge in [-0.15, -0.1) is 0 Å². The summed E-state index contributed by atoms with van der Waals surface area (Å²) in [6.07, 6.45) is 5.75. The van der Waals surface area contributed by atoms with E-state index in [1.165, 1.54) is 34.9 Å². The van der Waals surface area contributed by atoms with Crippen LogP contribution in [0.25, 0.3) is 21.8 Å². The first kappa shape index (κ1) is 20.5. The van der Waals surface area contributed by atoms with E-state index in [9.17, 15) is 4.79 Å². The summed E-state index contributed by atoms with van der Waals surface area (Å²) >= 11 is 0. The van der Waals surface area contributed by atoms with E-state index in [1.807, 2.05) is 11.0 Å². The molecule has 4 aromatic rings. The summed E-state index contributed by atoms with van der Waals surface area (Å²) in [6, 6.07) is 16.9. The molecule has 2 aliphatic rings. The van der Waals surface area contributed by atoms with Gasteiger partial charge in [0, 0.05) is 47.6 Å². The van der Waals surface area contributed by atoms with E-state index in [-0.39, 0.29) is 5.91 Å². The molecule has 1 atom stereocenters. The number of fused-ring (bicyclic) bond motifs is 2. The van der Waals surface area contributed by atoms with E-state index in [4.69, 9.17) is 0 Å². The number of carbonyl (C=O) groups excluding carboxylic acids is 1. The highest BCUT2D eigenvalue weighted by atomic mass is 16.2. The van der Waals surface area contributed by atoms with Crippen LogP contribution in [0.15, 0.2) is 54.7 Å². The summed E-state index contributed by atoms with van der Waals surface area (Å²) in [5.41, 5.74) is 5.70. The van der Waals surface area contributed by atoms with Gasteiger partial charge in [0.1, 0.15) is 5.69 Å². The molecule has 0 saturated carbocycles. The maximum absolute atomic E-state index is 13.1. The number of hydrogen-bond donors (Lipinski definition) is 2. The lowest BCUT2D eigenvalue weighted by Gasteiger charge is -2.33. The van der Waals surface area contributed by atoms with Crippen LogP contribution in [0.2, 0.25) is 0 Å². The number of amides is 1. The first-order valence-electron chi connectivity index (χ1n) is 12.3. The Morgan fingerprint density at radius 3 is 2.73 bits per heavy atom. The SMILES string of the molecule is Cc1ccc2cc(C(=O)N3CCC(CN4CCC(c5c[nH]c6ccccc56)CC4)C3)[nH]c2c1. The molecule has 2 saturated heterocycles. The van der Waals surface area contributed by atoms with Crippen LogP contribution in [-0.4, -0.2) is 58.4 Å². The zero-order chi connectivity index (χ0) is 22.4. The fourth-order valence-electron chi connectivity index (χ4n) is 5.92. The first-order valence-corrected chi connectivity index (χ1v) is 12.3. The number of benzene rings is 2. The Bertz CT molecular complexity index is 1290. The van der Waals surface area contributed by atoms with Crippen LogP contribution in [0.5, 0.6) is 0 Å². The maximum Gasteiger partial charge on any atom is 0.270 e. The average molecular weight is 441 g/mol. The zero-order valence-electron chi connectivity index (χ0n) is 19.3. The Morgan fingerprint density at radius 2 is 1.85 bits per heavy atom. The van der Waals surface area contributed by atoms with Crippen molar-refractivity contribution in [3.63, 3.8) is 0 Å². The van der Waals surface area contributed by atoms with Crippen molar-refractivity contribution < 1.29 is 4.79 Å². The Balaban J connectivity index is 1.04. The summed E-state index contributed by atoms with van der Waals surface area (Å²) < 4.78 is 0. The number of nitrogens with zero attached hydrogens (tertiary/aromatic N) is 2. The van der Waals surface area contributed by atoms with Gasteiger partial charge in [-0.05, 0) is 80.4 Å². The third-order valence-corrected chi connectivity index (χ3v) is 7.75. The lowest BCUT2D eigenvalue weighted by Crippen LogP contribution is -2.37. The molecule has 2 aromatic heterocycles. The number of piperidine rings is 1. The first-order chi connectivity index (χ1) is 16.1. The molecule has 2 N–H and O–H groups in total. The normalized spacial score (nSPS) is 20.3.